The number of allylic oxidation sites excluding steroid dienone is 4. The summed E-state index contributed by atoms with van der Waals surface area (Å²) in [6, 6.07) is 14.4. The van der Waals surface area contributed by atoms with Crippen molar-refractivity contribution in [2.45, 2.75) is 38.5 Å². The SMILES string of the molecule is O=C1c2ccccc2C(=O)[C@H]2CC3=C(CC4=C(C3)C[C@@H]3C(=O)c5ccccc5C(=O)[C@H]3C4)C[C@H]12. The molecule has 4 atom stereocenters. The van der Waals surface area contributed by atoms with Crippen LogP contribution < -0.4 is 0 Å². The summed E-state index contributed by atoms with van der Waals surface area (Å²) in [4.78, 5) is 53.1. The summed E-state index contributed by atoms with van der Waals surface area (Å²) in [5, 5.41) is 0. The van der Waals surface area contributed by atoms with Gasteiger partial charge in [-0.25, -0.2) is 0 Å². The van der Waals surface area contributed by atoms with E-state index in [2.05, 4.69) is 0 Å². The van der Waals surface area contributed by atoms with Gasteiger partial charge in [-0.15, -0.1) is 0 Å². The molecular weight excluding hydrogens is 424 g/mol. The van der Waals surface area contributed by atoms with Crippen LogP contribution in [-0.4, -0.2) is 23.1 Å². The number of hydrogen-bond acceptors (Lipinski definition) is 4. The van der Waals surface area contributed by atoms with E-state index < -0.39 is 0 Å². The number of benzene rings is 2. The Morgan fingerprint density at radius 3 is 0.882 bits per heavy atom. The molecule has 0 spiro atoms. The number of rotatable bonds is 0. The van der Waals surface area contributed by atoms with E-state index in [1.807, 2.05) is 24.3 Å². The molecule has 0 amide bonds. The van der Waals surface area contributed by atoms with Gasteiger partial charge in [-0.2, -0.15) is 0 Å². The molecule has 4 heteroatoms. The molecule has 4 nitrogen and oxygen atoms in total. The Labute approximate surface area is 197 Å². The topological polar surface area (TPSA) is 68.3 Å². The first-order chi connectivity index (χ1) is 16.5. The van der Waals surface area contributed by atoms with Crippen LogP contribution in [0.4, 0.5) is 0 Å². The molecule has 0 heterocycles. The minimum absolute atomic E-state index is 0.0971. The Morgan fingerprint density at radius 2 is 0.647 bits per heavy atom. The Morgan fingerprint density at radius 1 is 0.412 bits per heavy atom. The average Bonchev–Trinajstić information content (AvgIpc) is 2.87. The van der Waals surface area contributed by atoms with Gasteiger partial charge in [0.15, 0.2) is 23.1 Å². The van der Waals surface area contributed by atoms with E-state index in [4.69, 9.17) is 0 Å². The molecule has 5 aliphatic carbocycles. The van der Waals surface area contributed by atoms with Crippen molar-refractivity contribution in [2.24, 2.45) is 23.7 Å². The number of ketones is 4. The second-order valence-corrected chi connectivity index (χ2v) is 10.6. The summed E-state index contributed by atoms with van der Waals surface area (Å²) in [5.41, 5.74) is 7.42. The van der Waals surface area contributed by atoms with Gasteiger partial charge >= 0.3 is 0 Å². The molecule has 0 fully saturated rings. The van der Waals surface area contributed by atoms with Gasteiger partial charge in [-0.1, -0.05) is 70.8 Å². The fourth-order valence-corrected chi connectivity index (χ4v) is 7.24. The first-order valence-electron chi connectivity index (χ1n) is 12.3. The Bertz CT molecular complexity index is 1190. The van der Waals surface area contributed by atoms with Crippen molar-refractivity contribution in [3.8, 4) is 0 Å². The van der Waals surface area contributed by atoms with Gasteiger partial charge < -0.3 is 0 Å². The van der Waals surface area contributed by atoms with Crippen molar-refractivity contribution < 1.29 is 19.2 Å². The van der Waals surface area contributed by atoms with Gasteiger partial charge in [0.2, 0.25) is 0 Å². The number of carbonyl (C=O) groups is 4. The van der Waals surface area contributed by atoms with Crippen molar-refractivity contribution in [3.05, 3.63) is 93.1 Å². The molecule has 2 aromatic carbocycles. The molecule has 0 unspecified atom stereocenters. The Balaban J connectivity index is 1.19. The molecule has 0 N–H and O–H groups in total. The van der Waals surface area contributed by atoms with Gasteiger partial charge in [-0.3, -0.25) is 19.2 Å². The highest BCUT2D eigenvalue weighted by molar-refractivity contribution is 6.17. The summed E-state index contributed by atoms with van der Waals surface area (Å²) in [5.74, 6) is -0.706. The highest BCUT2D eigenvalue weighted by Gasteiger charge is 2.48. The number of Topliss-reactive ketones (excluding diaryl/α,β-unsaturated/α-hetero) is 4. The zero-order valence-corrected chi connectivity index (χ0v) is 18.8. The lowest BCUT2D eigenvalue weighted by Gasteiger charge is -2.43. The first-order valence-corrected chi connectivity index (χ1v) is 12.3. The molecule has 2 aromatic rings. The fourth-order valence-electron chi connectivity index (χ4n) is 7.24. The molecular formula is C30H24O4. The summed E-state index contributed by atoms with van der Waals surface area (Å²) in [7, 11) is 0. The van der Waals surface area contributed by atoms with Crippen LogP contribution >= 0.6 is 0 Å². The third-order valence-electron chi connectivity index (χ3n) is 8.95. The molecule has 0 aliphatic heterocycles. The van der Waals surface area contributed by atoms with Crippen LogP contribution in [-0.2, 0) is 0 Å². The number of carbonyl (C=O) groups excluding carboxylic acids is 4. The quantitative estimate of drug-likeness (QED) is 0.493. The van der Waals surface area contributed by atoms with Crippen LogP contribution in [0.1, 0.15) is 80.0 Å². The smallest absolute Gasteiger partial charge is 0.167 e. The van der Waals surface area contributed by atoms with Crippen LogP contribution in [0.5, 0.6) is 0 Å². The van der Waals surface area contributed by atoms with E-state index in [9.17, 15) is 19.2 Å². The summed E-state index contributed by atoms with van der Waals surface area (Å²) >= 11 is 0. The zero-order valence-electron chi connectivity index (χ0n) is 18.8. The molecule has 0 saturated carbocycles. The van der Waals surface area contributed by atoms with Crippen LogP contribution in [0.2, 0.25) is 0 Å². The normalized spacial score (nSPS) is 29.6. The molecule has 7 rings (SSSR count). The molecule has 34 heavy (non-hydrogen) atoms. The number of hydrogen-bond donors (Lipinski definition) is 0. The van der Waals surface area contributed by atoms with Crippen molar-refractivity contribution in [3.63, 3.8) is 0 Å². The summed E-state index contributed by atoms with van der Waals surface area (Å²) in [6.07, 6.45) is 4.12. The third-order valence-corrected chi connectivity index (χ3v) is 8.95. The molecule has 168 valence electrons. The van der Waals surface area contributed by atoms with E-state index in [1.165, 1.54) is 22.3 Å². The maximum absolute atomic E-state index is 13.3. The van der Waals surface area contributed by atoms with Crippen LogP contribution in [0.15, 0.2) is 70.8 Å². The minimum Gasteiger partial charge on any atom is -0.294 e. The Hall–Kier alpha value is -3.40. The summed E-state index contributed by atoms with van der Waals surface area (Å²) in [6.45, 7) is 0. The highest BCUT2D eigenvalue weighted by Crippen LogP contribution is 2.52. The second kappa shape index (κ2) is 7.05. The van der Waals surface area contributed by atoms with Gasteiger partial charge in [0.25, 0.3) is 0 Å². The van der Waals surface area contributed by atoms with Crippen LogP contribution in [0, 0.1) is 23.7 Å². The first kappa shape index (κ1) is 20.0. The predicted octanol–water partition coefficient (Wildman–Crippen LogP) is 5.58. The third kappa shape index (κ3) is 2.65. The van der Waals surface area contributed by atoms with Crippen LogP contribution in [0.25, 0.3) is 0 Å². The van der Waals surface area contributed by atoms with Crippen LogP contribution in [0.3, 0.4) is 0 Å². The lowest BCUT2D eigenvalue weighted by atomic mass is 9.59. The van der Waals surface area contributed by atoms with Gasteiger partial charge in [0.1, 0.15) is 0 Å². The van der Waals surface area contributed by atoms with Crippen molar-refractivity contribution in [2.75, 3.05) is 0 Å². The molecule has 5 aliphatic rings. The largest absolute Gasteiger partial charge is 0.294 e. The average molecular weight is 449 g/mol. The van der Waals surface area contributed by atoms with E-state index >= 15 is 0 Å². The molecule has 0 radical (unpaired) electrons. The van der Waals surface area contributed by atoms with Gasteiger partial charge in [0, 0.05) is 45.9 Å². The molecule has 0 saturated heterocycles. The molecule has 0 bridgehead atoms. The molecule has 0 aromatic heterocycles. The fraction of sp³-hybridized carbons (Fsp3) is 0.333. The lowest BCUT2D eigenvalue weighted by Crippen LogP contribution is -2.41. The van der Waals surface area contributed by atoms with Crippen molar-refractivity contribution in [1.82, 2.24) is 0 Å². The lowest BCUT2D eigenvalue weighted by molar-refractivity contribution is 0.0708. The summed E-state index contributed by atoms with van der Waals surface area (Å²) < 4.78 is 0. The second-order valence-electron chi connectivity index (χ2n) is 10.6. The standard InChI is InChI=1S/C30H24O4/c31-27-19-5-1-2-6-20(19)28(32)24-12-16-10-18-14-26-25(13-17(18)9-15(16)11-23(24)27)29(33)21-7-3-4-8-22(21)30(26)34/h1-8,23-26H,9-14H2/t23-,24-,25-,26-/m0/s1. The number of fused-ring (bicyclic) bond motifs is 4. The predicted molar refractivity (Wildman–Crippen MR) is 126 cm³/mol. The van der Waals surface area contributed by atoms with Crippen molar-refractivity contribution >= 4 is 23.1 Å². The van der Waals surface area contributed by atoms with Gasteiger partial charge in [-0.05, 0) is 38.5 Å². The van der Waals surface area contributed by atoms with Crippen molar-refractivity contribution in [1.29, 1.82) is 0 Å². The highest BCUT2D eigenvalue weighted by atomic mass is 16.1. The van der Waals surface area contributed by atoms with E-state index in [0.29, 0.717) is 47.9 Å². The Kier molecular flexibility index (Phi) is 4.15. The maximum Gasteiger partial charge on any atom is 0.167 e. The van der Waals surface area contributed by atoms with E-state index in [0.717, 1.165) is 12.8 Å². The zero-order chi connectivity index (χ0) is 23.1. The minimum atomic E-state index is -0.274. The van der Waals surface area contributed by atoms with E-state index in [1.54, 1.807) is 24.3 Å². The monoisotopic (exact) mass is 448 g/mol. The van der Waals surface area contributed by atoms with Gasteiger partial charge in [0.05, 0.1) is 0 Å². The maximum atomic E-state index is 13.3. The van der Waals surface area contributed by atoms with E-state index in [-0.39, 0.29) is 46.8 Å².